The first-order valence-corrected chi connectivity index (χ1v) is 13.7. The second-order valence-electron chi connectivity index (χ2n) is 9.27. The van der Waals surface area contributed by atoms with Gasteiger partial charge in [0.1, 0.15) is 0 Å². The highest BCUT2D eigenvalue weighted by Gasteiger charge is 2.32. The minimum Gasteiger partial charge on any atom is -0.352 e. The predicted molar refractivity (Wildman–Crippen MR) is 133 cm³/mol. The number of hydrogen-bond donors (Lipinski definition) is 2. The van der Waals surface area contributed by atoms with Crippen LogP contribution < -0.4 is 10.6 Å². The van der Waals surface area contributed by atoms with Crippen molar-refractivity contribution in [2.45, 2.75) is 70.5 Å². The third-order valence-electron chi connectivity index (χ3n) is 6.91. The molecular formula is C24H39N5O4S. The van der Waals surface area contributed by atoms with Gasteiger partial charge in [-0.2, -0.15) is 4.31 Å². The number of carbonyl (C=O) groups excluding carboxylic acids is 2. The normalized spacial score (nSPS) is 19.6. The Balaban J connectivity index is 1.59. The molecule has 2 aliphatic rings. The number of nitrogens with zero attached hydrogens (tertiary/aromatic N) is 3. The summed E-state index contributed by atoms with van der Waals surface area (Å²) in [5.41, 5.74) is 1.12. The summed E-state index contributed by atoms with van der Waals surface area (Å²) in [6.45, 7) is 12.7. The van der Waals surface area contributed by atoms with Gasteiger partial charge in [-0.1, -0.05) is 19.9 Å². The van der Waals surface area contributed by atoms with Crippen LogP contribution in [0.1, 0.15) is 46.1 Å². The lowest BCUT2D eigenvalue weighted by atomic mass is 10.1. The van der Waals surface area contributed by atoms with Crippen LogP contribution in [0.15, 0.2) is 23.1 Å². The molecule has 1 saturated heterocycles. The number of carbonyl (C=O) groups is 2. The topological polar surface area (TPSA) is 102 Å². The Morgan fingerprint density at radius 2 is 1.53 bits per heavy atom. The summed E-state index contributed by atoms with van der Waals surface area (Å²) in [4.78, 5) is 29.8. The SMILES string of the molecule is CCN(CC)S(=O)(=O)c1cc(NC(=O)C(C)N2CCN(C(C)C(=O)NC3CC3)CC2)ccc1C. The molecule has 0 radical (unpaired) electrons. The lowest BCUT2D eigenvalue weighted by Gasteiger charge is -2.39. The van der Waals surface area contributed by atoms with Gasteiger partial charge in [-0.25, -0.2) is 8.42 Å². The molecule has 2 atom stereocenters. The summed E-state index contributed by atoms with van der Waals surface area (Å²) < 4.78 is 27.4. The van der Waals surface area contributed by atoms with E-state index in [9.17, 15) is 18.0 Å². The predicted octanol–water partition coefficient (Wildman–Crippen LogP) is 1.64. The van der Waals surface area contributed by atoms with Crippen LogP contribution in [-0.2, 0) is 19.6 Å². The van der Waals surface area contributed by atoms with Gasteiger partial charge in [-0.05, 0) is 51.3 Å². The third kappa shape index (κ3) is 6.16. The molecule has 0 spiro atoms. The van der Waals surface area contributed by atoms with Crippen molar-refractivity contribution in [3.63, 3.8) is 0 Å². The molecular weight excluding hydrogens is 454 g/mol. The molecule has 1 aliphatic carbocycles. The minimum atomic E-state index is -3.62. The number of anilines is 1. The van der Waals surface area contributed by atoms with E-state index in [0.29, 0.717) is 56.6 Å². The minimum absolute atomic E-state index is 0.0802. The van der Waals surface area contributed by atoms with Gasteiger partial charge in [0.25, 0.3) is 0 Å². The van der Waals surface area contributed by atoms with Gasteiger partial charge >= 0.3 is 0 Å². The van der Waals surface area contributed by atoms with Crippen LogP contribution in [0.5, 0.6) is 0 Å². The second kappa shape index (κ2) is 11.2. The van der Waals surface area contributed by atoms with Gasteiger partial charge in [0, 0.05) is 51.0 Å². The molecule has 2 fully saturated rings. The maximum Gasteiger partial charge on any atom is 0.243 e. The zero-order chi connectivity index (χ0) is 25.0. The fourth-order valence-electron chi connectivity index (χ4n) is 4.30. The summed E-state index contributed by atoms with van der Waals surface area (Å²) >= 11 is 0. The monoisotopic (exact) mass is 493 g/mol. The lowest BCUT2D eigenvalue weighted by molar-refractivity contribution is -0.128. The molecule has 1 aromatic carbocycles. The Morgan fingerprint density at radius 3 is 2.03 bits per heavy atom. The summed E-state index contributed by atoms with van der Waals surface area (Å²) in [7, 11) is -3.62. The van der Waals surface area contributed by atoms with Crippen molar-refractivity contribution in [3.8, 4) is 0 Å². The first-order valence-electron chi connectivity index (χ1n) is 12.3. The zero-order valence-electron chi connectivity index (χ0n) is 21.0. The van der Waals surface area contributed by atoms with Crippen molar-refractivity contribution in [3.05, 3.63) is 23.8 Å². The largest absolute Gasteiger partial charge is 0.352 e. The van der Waals surface area contributed by atoms with Gasteiger partial charge in [-0.15, -0.1) is 0 Å². The molecule has 2 N–H and O–H groups in total. The van der Waals surface area contributed by atoms with Crippen LogP contribution in [-0.4, -0.2) is 91.7 Å². The van der Waals surface area contributed by atoms with Crippen molar-refractivity contribution < 1.29 is 18.0 Å². The Labute approximate surface area is 203 Å². The first-order chi connectivity index (χ1) is 16.1. The standard InChI is InChI=1S/C24H39N5O4S/c1-6-29(7-2)34(32,33)22-16-21(9-8-17(22)3)26-24(31)19(5)28-14-12-27(13-15-28)18(4)23(30)25-20-10-11-20/h8-9,16,18-20H,6-7,10-15H2,1-5H3,(H,25,30)(H,26,31). The first kappa shape index (κ1) is 26.6. The average molecular weight is 494 g/mol. The van der Waals surface area contributed by atoms with Crippen LogP contribution >= 0.6 is 0 Å². The summed E-state index contributed by atoms with van der Waals surface area (Å²) in [5.74, 6) is -0.0976. The molecule has 1 aliphatic heterocycles. The average Bonchev–Trinajstić information content (AvgIpc) is 3.63. The van der Waals surface area contributed by atoms with E-state index in [0.717, 1.165) is 12.8 Å². The molecule has 1 aromatic rings. The highest BCUT2D eigenvalue weighted by molar-refractivity contribution is 7.89. The van der Waals surface area contributed by atoms with E-state index in [1.54, 1.807) is 25.1 Å². The molecule has 1 heterocycles. The second-order valence-corrected chi connectivity index (χ2v) is 11.2. The smallest absolute Gasteiger partial charge is 0.243 e. The molecule has 0 bridgehead atoms. The Kier molecular flexibility index (Phi) is 8.72. The molecule has 190 valence electrons. The van der Waals surface area contributed by atoms with Crippen molar-refractivity contribution in [2.24, 2.45) is 0 Å². The summed E-state index contributed by atoms with van der Waals surface area (Å²) in [6, 6.07) is 4.81. The maximum absolute atomic E-state index is 13.0. The van der Waals surface area contributed by atoms with Crippen LogP contribution in [0.4, 0.5) is 5.69 Å². The number of amides is 2. The van der Waals surface area contributed by atoms with Gasteiger partial charge in [0.15, 0.2) is 0 Å². The molecule has 2 amide bonds. The number of sulfonamides is 1. The number of benzene rings is 1. The highest BCUT2D eigenvalue weighted by atomic mass is 32.2. The van der Waals surface area contributed by atoms with Gasteiger partial charge in [0.2, 0.25) is 21.8 Å². The lowest BCUT2D eigenvalue weighted by Crippen LogP contribution is -2.57. The molecule has 10 heteroatoms. The van der Waals surface area contributed by atoms with E-state index < -0.39 is 10.0 Å². The molecule has 2 unspecified atom stereocenters. The van der Waals surface area contributed by atoms with Gasteiger partial charge < -0.3 is 10.6 Å². The highest BCUT2D eigenvalue weighted by Crippen LogP contribution is 2.24. The fraction of sp³-hybridized carbons (Fsp3) is 0.667. The Bertz CT molecular complexity index is 983. The van der Waals surface area contributed by atoms with Gasteiger partial charge in [0.05, 0.1) is 17.0 Å². The number of aryl methyl sites for hydroxylation is 1. The molecule has 0 aromatic heterocycles. The van der Waals surface area contributed by atoms with E-state index in [4.69, 9.17) is 0 Å². The van der Waals surface area contributed by atoms with Crippen molar-refractivity contribution in [1.82, 2.24) is 19.4 Å². The van der Waals surface area contributed by atoms with E-state index in [1.165, 1.54) is 4.31 Å². The van der Waals surface area contributed by atoms with Crippen LogP contribution in [0.25, 0.3) is 0 Å². The van der Waals surface area contributed by atoms with Crippen molar-refractivity contribution in [2.75, 3.05) is 44.6 Å². The van der Waals surface area contributed by atoms with E-state index in [-0.39, 0.29) is 28.8 Å². The van der Waals surface area contributed by atoms with Crippen LogP contribution in [0.2, 0.25) is 0 Å². The van der Waals surface area contributed by atoms with E-state index >= 15 is 0 Å². The third-order valence-corrected chi connectivity index (χ3v) is 9.10. The van der Waals surface area contributed by atoms with Crippen LogP contribution in [0, 0.1) is 6.92 Å². The number of hydrogen-bond acceptors (Lipinski definition) is 6. The number of nitrogens with one attached hydrogen (secondary N) is 2. The maximum atomic E-state index is 13.0. The molecule has 9 nitrogen and oxygen atoms in total. The van der Waals surface area contributed by atoms with E-state index in [2.05, 4.69) is 20.4 Å². The molecule has 34 heavy (non-hydrogen) atoms. The molecule has 3 rings (SSSR count). The zero-order valence-corrected chi connectivity index (χ0v) is 21.8. The van der Waals surface area contributed by atoms with Crippen molar-refractivity contribution >= 4 is 27.5 Å². The Morgan fingerprint density at radius 1 is 1.00 bits per heavy atom. The number of rotatable bonds is 10. The van der Waals surface area contributed by atoms with E-state index in [1.807, 2.05) is 27.7 Å². The fourth-order valence-corrected chi connectivity index (χ4v) is 6.01. The van der Waals surface area contributed by atoms with Crippen molar-refractivity contribution in [1.29, 1.82) is 0 Å². The van der Waals surface area contributed by atoms with Gasteiger partial charge in [-0.3, -0.25) is 19.4 Å². The number of piperazine rings is 1. The Hall–Kier alpha value is -2.01. The summed E-state index contributed by atoms with van der Waals surface area (Å²) in [6.07, 6.45) is 2.14. The quantitative estimate of drug-likeness (QED) is 0.514. The molecule has 1 saturated carbocycles. The van der Waals surface area contributed by atoms with Crippen LogP contribution in [0.3, 0.4) is 0 Å². The summed E-state index contributed by atoms with van der Waals surface area (Å²) in [5, 5.41) is 5.95.